The van der Waals surface area contributed by atoms with Crippen molar-refractivity contribution in [2.45, 2.75) is 39.3 Å². The van der Waals surface area contributed by atoms with Gasteiger partial charge in [-0.3, -0.25) is 4.79 Å². The van der Waals surface area contributed by atoms with Crippen LogP contribution in [0.5, 0.6) is 0 Å². The van der Waals surface area contributed by atoms with Crippen molar-refractivity contribution in [3.63, 3.8) is 0 Å². The number of esters is 1. The Hall–Kier alpha value is -1.51. The molecule has 0 fully saturated rings. The molecule has 0 spiro atoms. The monoisotopic (exact) mass is 320 g/mol. The lowest BCUT2D eigenvalue weighted by Gasteiger charge is -2.19. The second-order valence-electron chi connectivity index (χ2n) is 4.50. The van der Waals surface area contributed by atoms with Gasteiger partial charge in [-0.05, 0) is 30.7 Å². The molecular formula is C9H13BrN4O4. The molecule has 1 aromatic rings. The van der Waals surface area contributed by atoms with Gasteiger partial charge in [0.05, 0.1) is 13.0 Å². The van der Waals surface area contributed by atoms with E-state index < -0.39 is 22.4 Å². The molecule has 0 aliphatic carbocycles. The molecule has 100 valence electrons. The zero-order chi connectivity index (χ0) is 13.9. The third-order valence-corrected chi connectivity index (χ3v) is 2.31. The Balaban J connectivity index is 2.59. The number of rotatable bonds is 4. The van der Waals surface area contributed by atoms with Crippen LogP contribution >= 0.6 is 15.9 Å². The maximum atomic E-state index is 11.5. The highest BCUT2D eigenvalue weighted by Gasteiger charge is 2.21. The highest BCUT2D eigenvalue weighted by molar-refractivity contribution is 9.10. The predicted molar refractivity (Wildman–Crippen MR) is 64.8 cm³/mol. The van der Waals surface area contributed by atoms with Gasteiger partial charge < -0.3 is 14.9 Å². The summed E-state index contributed by atoms with van der Waals surface area (Å²) >= 11 is 3.03. The summed E-state index contributed by atoms with van der Waals surface area (Å²) in [6, 6.07) is 0. The molecule has 0 bridgehead atoms. The highest BCUT2D eigenvalue weighted by atomic mass is 79.9. The van der Waals surface area contributed by atoms with Crippen LogP contribution < -0.4 is 0 Å². The molecule has 0 aliphatic heterocycles. The summed E-state index contributed by atoms with van der Waals surface area (Å²) in [5.41, 5.74) is -0.553. The second-order valence-corrected chi connectivity index (χ2v) is 5.21. The lowest BCUT2D eigenvalue weighted by molar-refractivity contribution is -0.394. The molecule has 8 nitrogen and oxygen atoms in total. The minimum atomic E-state index is -0.700. The average Bonchev–Trinajstić information content (AvgIpc) is 2.54. The Bertz CT molecular complexity index is 466. The van der Waals surface area contributed by atoms with Gasteiger partial charge in [0, 0.05) is 21.0 Å². The summed E-state index contributed by atoms with van der Waals surface area (Å²) < 4.78 is 6.55. The van der Waals surface area contributed by atoms with Gasteiger partial charge in [0.25, 0.3) is 4.73 Å². The van der Waals surface area contributed by atoms with Gasteiger partial charge in [-0.1, -0.05) is 0 Å². The molecule has 1 heterocycles. The fraction of sp³-hybridized carbons (Fsp3) is 0.667. The van der Waals surface area contributed by atoms with Crippen LogP contribution in [0.1, 0.15) is 27.2 Å². The molecule has 1 rings (SSSR count). The van der Waals surface area contributed by atoms with Gasteiger partial charge in [-0.25, -0.2) is 0 Å². The molecule has 1 aromatic heterocycles. The molecule has 0 N–H and O–H groups in total. The third kappa shape index (κ3) is 4.40. The summed E-state index contributed by atoms with van der Waals surface area (Å²) in [5.74, 6) is -0.904. The van der Waals surface area contributed by atoms with Gasteiger partial charge in [0.2, 0.25) is 0 Å². The number of hydrogen-bond acceptors (Lipinski definition) is 6. The second kappa shape index (κ2) is 5.42. The van der Waals surface area contributed by atoms with Crippen LogP contribution in [0.25, 0.3) is 0 Å². The van der Waals surface area contributed by atoms with Crippen LogP contribution in [-0.4, -0.2) is 31.3 Å². The van der Waals surface area contributed by atoms with Crippen LogP contribution in [-0.2, 0) is 16.1 Å². The van der Waals surface area contributed by atoms with Crippen LogP contribution in [0, 0.1) is 10.1 Å². The Labute approximate surface area is 112 Å². The van der Waals surface area contributed by atoms with E-state index in [1.807, 2.05) is 0 Å². The SMILES string of the molecule is CC(C)(C)OC(=O)CCn1nc([N+](=O)[O-])nc1Br. The van der Waals surface area contributed by atoms with E-state index in [4.69, 9.17) is 4.74 Å². The van der Waals surface area contributed by atoms with Crippen LogP contribution in [0.4, 0.5) is 5.95 Å². The number of aryl methyl sites for hydroxylation is 1. The first kappa shape index (κ1) is 14.6. The number of hydrogen-bond donors (Lipinski definition) is 0. The summed E-state index contributed by atoms with van der Waals surface area (Å²) in [6.45, 7) is 5.46. The van der Waals surface area contributed by atoms with E-state index in [0.717, 1.165) is 0 Å². The average molecular weight is 321 g/mol. The summed E-state index contributed by atoms with van der Waals surface area (Å²) in [5, 5.41) is 14.1. The molecule has 0 aliphatic rings. The predicted octanol–water partition coefficient (Wildman–Crippen LogP) is 1.68. The Morgan fingerprint density at radius 1 is 1.56 bits per heavy atom. The Morgan fingerprint density at radius 3 is 2.61 bits per heavy atom. The molecule has 0 aromatic carbocycles. The van der Waals surface area contributed by atoms with Crippen molar-refractivity contribution in [1.82, 2.24) is 14.8 Å². The normalized spacial score (nSPS) is 11.3. The molecule has 0 saturated carbocycles. The van der Waals surface area contributed by atoms with Crippen molar-refractivity contribution in [3.05, 3.63) is 14.8 Å². The van der Waals surface area contributed by atoms with E-state index in [-0.39, 0.29) is 17.7 Å². The van der Waals surface area contributed by atoms with Crippen molar-refractivity contribution in [1.29, 1.82) is 0 Å². The molecule has 0 radical (unpaired) electrons. The number of carbonyl (C=O) groups is 1. The van der Waals surface area contributed by atoms with Gasteiger partial charge >= 0.3 is 11.9 Å². The number of halogens is 1. The minimum Gasteiger partial charge on any atom is -0.460 e. The van der Waals surface area contributed by atoms with E-state index >= 15 is 0 Å². The molecule has 9 heteroatoms. The molecule has 0 saturated heterocycles. The van der Waals surface area contributed by atoms with E-state index in [0.29, 0.717) is 0 Å². The lowest BCUT2D eigenvalue weighted by Crippen LogP contribution is -2.24. The topological polar surface area (TPSA) is 100 Å². The molecule has 0 amide bonds. The fourth-order valence-corrected chi connectivity index (χ4v) is 1.54. The van der Waals surface area contributed by atoms with Crippen LogP contribution in [0.15, 0.2) is 4.73 Å². The smallest absolute Gasteiger partial charge is 0.460 e. The van der Waals surface area contributed by atoms with E-state index in [1.165, 1.54) is 4.68 Å². The quantitative estimate of drug-likeness (QED) is 0.475. The molecule has 0 atom stereocenters. The van der Waals surface area contributed by atoms with Crippen molar-refractivity contribution in [2.75, 3.05) is 0 Å². The number of ether oxygens (including phenoxy) is 1. The van der Waals surface area contributed by atoms with Gasteiger partial charge in [0.1, 0.15) is 5.60 Å². The van der Waals surface area contributed by atoms with E-state index in [9.17, 15) is 14.9 Å². The lowest BCUT2D eigenvalue weighted by atomic mass is 10.2. The zero-order valence-electron chi connectivity index (χ0n) is 10.2. The van der Waals surface area contributed by atoms with Crippen molar-refractivity contribution in [3.8, 4) is 0 Å². The van der Waals surface area contributed by atoms with Gasteiger partial charge in [-0.15, -0.1) is 0 Å². The van der Waals surface area contributed by atoms with Crippen molar-refractivity contribution < 1.29 is 14.5 Å². The number of carbonyl (C=O) groups excluding carboxylic acids is 1. The van der Waals surface area contributed by atoms with E-state index in [2.05, 4.69) is 26.0 Å². The first-order valence-corrected chi connectivity index (χ1v) is 5.95. The maximum Gasteiger partial charge on any atom is 0.492 e. The van der Waals surface area contributed by atoms with Crippen molar-refractivity contribution in [2.24, 2.45) is 0 Å². The molecule has 0 unspecified atom stereocenters. The summed E-state index contributed by atoms with van der Waals surface area (Å²) in [4.78, 5) is 24.8. The first-order chi connectivity index (χ1) is 8.19. The maximum absolute atomic E-state index is 11.5. The van der Waals surface area contributed by atoms with Gasteiger partial charge in [-0.2, -0.15) is 4.68 Å². The fourth-order valence-electron chi connectivity index (χ4n) is 1.12. The standard InChI is InChI=1S/C9H13BrN4O4/c1-9(2,3)18-6(15)4-5-13-7(10)11-8(12-13)14(16)17/h4-5H2,1-3H3. The number of nitrogens with zero attached hydrogens (tertiary/aromatic N) is 4. The highest BCUT2D eigenvalue weighted by Crippen LogP contribution is 2.13. The van der Waals surface area contributed by atoms with Crippen molar-refractivity contribution >= 4 is 27.8 Å². The molecular weight excluding hydrogens is 308 g/mol. The van der Waals surface area contributed by atoms with Crippen LogP contribution in [0.2, 0.25) is 0 Å². The Morgan fingerprint density at radius 2 is 2.17 bits per heavy atom. The van der Waals surface area contributed by atoms with Gasteiger partial charge in [0.15, 0.2) is 0 Å². The Kier molecular flexibility index (Phi) is 4.38. The minimum absolute atomic E-state index is 0.0659. The third-order valence-electron chi connectivity index (χ3n) is 1.73. The molecule has 18 heavy (non-hydrogen) atoms. The van der Waals surface area contributed by atoms with E-state index in [1.54, 1.807) is 20.8 Å². The summed E-state index contributed by atoms with van der Waals surface area (Å²) in [7, 11) is 0. The summed E-state index contributed by atoms with van der Waals surface area (Å²) in [6.07, 6.45) is 0.0659. The first-order valence-electron chi connectivity index (χ1n) is 5.15. The zero-order valence-corrected chi connectivity index (χ0v) is 11.8. The number of aromatic nitrogens is 3. The van der Waals surface area contributed by atoms with Crippen LogP contribution in [0.3, 0.4) is 0 Å². The largest absolute Gasteiger partial charge is 0.492 e. The number of nitro groups is 1.